The number of carbonyl (C=O) groups excluding carboxylic acids is 2. The average molecular weight is 360 g/mol. The predicted molar refractivity (Wildman–Crippen MR) is 100 cm³/mol. The summed E-state index contributed by atoms with van der Waals surface area (Å²) in [6, 6.07) is 9.20. The average Bonchev–Trinajstić information content (AvgIpc) is 3.25. The Hall–Kier alpha value is -2.27. The van der Waals surface area contributed by atoms with Crippen LogP contribution in [0.15, 0.2) is 36.5 Å². The van der Waals surface area contributed by atoms with Gasteiger partial charge in [-0.25, -0.2) is 0 Å². The van der Waals surface area contributed by atoms with Crippen LogP contribution < -0.4 is 10.6 Å². The first-order valence-electron chi connectivity index (χ1n) is 8.35. The summed E-state index contributed by atoms with van der Waals surface area (Å²) >= 11 is 6.25. The summed E-state index contributed by atoms with van der Waals surface area (Å²) in [6.07, 6.45) is 4.16. The van der Waals surface area contributed by atoms with Gasteiger partial charge in [-0.05, 0) is 43.2 Å². The topological polar surface area (TPSA) is 63.1 Å². The number of aromatic nitrogens is 1. The number of benzene rings is 1. The van der Waals surface area contributed by atoms with Crippen LogP contribution in [-0.4, -0.2) is 16.4 Å². The second-order valence-corrected chi connectivity index (χ2v) is 7.79. The fraction of sp³-hybridized carbons (Fsp3) is 0.368. The van der Waals surface area contributed by atoms with Crippen LogP contribution in [0.3, 0.4) is 0 Å². The van der Waals surface area contributed by atoms with Gasteiger partial charge in [-0.3, -0.25) is 9.59 Å². The maximum Gasteiger partial charge on any atom is 0.272 e. The van der Waals surface area contributed by atoms with Gasteiger partial charge < -0.3 is 15.2 Å². The van der Waals surface area contributed by atoms with Gasteiger partial charge in [0.2, 0.25) is 5.91 Å². The molecular weight excluding hydrogens is 338 g/mol. The number of halogens is 1. The second kappa shape index (κ2) is 6.56. The van der Waals surface area contributed by atoms with Gasteiger partial charge >= 0.3 is 0 Å². The molecule has 3 rings (SSSR count). The van der Waals surface area contributed by atoms with Gasteiger partial charge in [0, 0.05) is 23.3 Å². The van der Waals surface area contributed by atoms with Crippen LogP contribution in [0.1, 0.15) is 50.1 Å². The normalized spacial score (nSPS) is 14.2. The van der Waals surface area contributed by atoms with E-state index in [1.54, 1.807) is 18.2 Å². The minimum atomic E-state index is -0.509. The smallest absolute Gasteiger partial charge is 0.272 e. The van der Waals surface area contributed by atoms with Crippen molar-refractivity contribution in [2.75, 3.05) is 10.6 Å². The summed E-state index contributed by atoms with van der Waals surface area (Å²) in [6.45, 7) is 5.50. The standard InChI is InChI=1S/C19H22ClN3O2/c1-19(2,3)18(25)22-15-9-6-12(11-14(15)20)21-17(24)16-5-4-10-23(16)13-7-8-13/h4-6,9-11,13H,7-8H2,1-3H3,(H,21,24)(H,22,25). The van der Waals surface area contributed by atoms with Gasteiger partial charge in [-0.15, -0.1) is 0 Å². The molecule has 2 amide bonds. The van der Waals surface area contributed by atoms with Crippen molar-refractivity contribution in [2.24, 2.45) is 5.41 Å². The molecule has 132 valence electrons. The van der Waals surface area contributed by atoms with Crippen LogP contribution in [-0.2, 0) is 4.79 Å². The lowest BCUT2D eigenvalue weighted by Gasteiger charge is -2.18. The number of anilines is 2. The molecule has 1 saturated carbocycles. The number of amides is 2. The Kier molecular flexibility index (Phi) is 4.60. The summed E-state index contributed by atoms with van der Waals surface area (Å²) in [5, 5.41) is 6.05. The van der Waals surface area contributed by atoms with Crippen molar-refractivity contribution in [1.29, 1.82) is 0 Å². The van der Waals surface area contributed by atoms with Gasteiger partial charge in [0.15, 0.2) is 0 Å². The van der Waals surface area contributed by atoms with Gasteiger partial charge in [-0.1, -0.05) is 32.4 Å². The van der Waals surface area contributed by atoms with Crippen molar-refractivity contribution >= 4 is 34.8 Å². The summed E-state index contributed by atoms with van der Waals surface area (Å²) in [5.41, 5.74) is 1.25. The van der Waals surface area contributed by atoms with Crippen molar-refractivity contribution in [1.82, 2.24) is 4.57 Å². The number of carbonyl (C=O) groups is 2. The van der Waals surface area contributed by atoms with Gasteiger partial charge in [0.25, 0.3) is 5.91 Å². The van der Waals surface area contributed by atoms with Gasteiger partial charge in [-0.2, -0.15) is 0 Å². The van der Waals surface area contributed by atoms with Gasteiger partial charge in [0.1, 0.15) is 5.69 Å². The predicted octanol–water partition coefficient (Wildman–Crippen LogP) is 4.71. The quantitative estimate of drug-likeness (QED) is 0.830. The molecule has 0 radical (unpaired) electrons. The molecule has 0 saturated heterocycles. The van der Waals surface area contributed by atoms with Gasteiger partial charge in [0.05, 0.1) is 10.7 Å². The molecule has 0 spiro atoms. The maximum atomic E-state index is 12.5. The molecule has 0 atom stereocenters. The third-order valence-electron chi connectivity index (χ3n) is 4.11. The Labute approximate surface area is 152 Å². The largest absolute Gasteiger partial charge is 0.340 e. The minimum absolute atomic E-state index is 0.117. The number of nitrogens with zero attached hydrogens (tertiary/aromatic N) is 1. The van der Waals surface area contributed by atoms with Crippen molar-refractivity contribution in [3.8, 4) is 0 Å². The Bertz CT molecular complexity index is 816. The SMILES string of the molecule is CC(C)(C)C(=O)Nc1ccc(NC(=O)c2cccn2C2CC2)cc1Cl. The van der Waals surface area contributed by atoms with E-state index in [1.807, 2.05) is 43.7 Å². The molecule has 5 nitrogen and oxygen atoms in total. The molecular formula is C19H22ClN3O2. The van der Waals surface area contributed by atoms with Crippen LogP contribution >= 0.6 is 11.6 Å². The molecule has 2 N–H and O–H groups in total. The second-order valence-electron chi connectivity index (χ2n) is 7.38. The highest BCUT2D eigenvalue weighted by atomic mass is 35.5. The van der Waals surface area contributed by atoms with Crippen molar-refractivity contribution < 1.29 is 9.59 Å². The highest BCUT2D eigenvalue weighted by Crippen LogP contribution is 2.36. The van der Waals surface area contributed by atoms with E-state index in [9.17, 15) is 9.59 Å². The molecule has 0 unspecified atom stereocenters. The van der Waals surface area contributed by atoms with E-state index in [2.05, 4.69) is 10.6 Å². The van der Waals surface area contributed by atoms with Crippen molar-refractivity contribution in [2.45, 2.75) is 39.7 Å². The zero-order valence-electron chi connectivity index (χ0n) is 14.6. The molecule has 25 heavy (non-hydrogen) atoms. The zero-order valence-corrected chi connectivity index (χ0v) is 15.4. The number of hydrogen-bond donors (Lipinski definition) is 2. The lowest BCUT2D eigenvalue weighted by molar-refractivity contribution is -0.123. The molecule has 1 aliphatic carbocycles. The van der Waals surface area contributed by atoms with Crippen molar-refractivity contribution in [3.05, 3.63) is 47.2 Å². The monoisotopic (exact) mass is 359 g/mol. The van der Waals surface area contributed by atoms with Crippen LogP contribution in [0, 0.1) is 5.41 Å². The summed E-state index contributed by atoms with van der Waals surface area (Å²) < 4.78 is 2.01. The Morgan fingerprint density at radius 3 is 2.48 bits per heavy atom. The molecule has 1 aromatic carbocycles. The Balaban J connectivity index is 1.71. The molecule has 0 aliphatic heterocycles. The lowest BCUT2D eigenvalue weighted by Crippen LogP contribution is -2.27. The molecule has 1 aromatic heterocycles. The first-order chi connectivity index (χ1) is 11.8. The zero-order chi connectivity index (χ0) is 18.2. The van der Waals surface area contributed by atoms with E-state index in [0.29, 0.717) is 28.1 Å². The summed E-state index contributed by atoms with van der Waals surface area (Å²) in [7, 11) is 0. The number of hydrogen-bond acceptors (Lipinski definition) is 2. The van der Waals surface area contributed by atoms with Crippen LogP contribution in [0.25, 0.3) is 0 Å². The highest BCUT2D eigenvalue weighted by Gasteiger charge is 2.27. The molecule has 1 aliphatic rings. The van der Waals surface area contributed by atoms with Crippen LogP contribution in [0.5, 0.6) is 0 Å². The highest BCUT2D eigenvalue weighted by molar-refractivity contribution is 6.34. The fourth-order valence-electron chi connectivity index (χ4n) is 2.46. The molecule has 6 heteroatoms. The Morgan fingerprint density at radius 1 is 1.16 bits per heavy atom. The third-order valence-corrected chi connectivity index (χ3v) is 4.42. The maximum absolute atomic E-state index is 12.5. The first kappa shape index (κ1) is 17.5. The van der Waals surface area contributed by atoms with Crippen molar-refractivity contribution in [3.63, 3.8) is 0 Å². The molecule has 1 heterocycles. The van der Waals surface area contributed by atoms with E-state index in [0.717, 1.165) is 12.8 Å². The fourth-order valence-corrected chi connectivity index (χ4v) is 2.68. The van der Waals surface area contributed by atoms with E-state index in [4.69, 9.17) is 11.6 Å². The van der Waals surface area contributed by atoms with Crippen LogP contribution in [0.4, 0.5) is 11.4 Å². The summed E-state index contributed by atoms with van der Waals surface area (Å²) in [5.74, 6) is -0.284. The van der Waals surface area contributed by atoms with E-state index >= 15 is 0 Å². The van der Waals surface area contributed by atoms with E-state index < -0.39 is 5.41 Å². The number of nitrogens with one attached hydrogen (secondary N) is 2. The third kappa shape index (κ3) is 4.04. The van der Waals surface area contributed by atoms with E-state index in [-0.39, 0.29) is 11.8 Å². The summed E-state index contributed by atoms with van der Waals surface area (Å²) in [4.78, 5) is 24.6. The van der Waals surface area contributed by atoms with E-state index in [1.165, 1.54) is 0 Å². The molecule has 2 aromatic rings. The van der Waals surface area contributed by atoms with Crippen LogP contribution in [0.2, 0.25) is 5.02 Å². The molecule has 0 bridgehead atoms. The Morgan fingerprint density at radius 2 is 1.88 bits per heavy atom. The lowest BCUT2D eigenvalue weighted by atomic mass is 9.95. The number of rotatable bonds is 4. The minimum Gasteiger partial charge on any atom is -0.340 e. The molecule has 1 fully saturated rings. The first-order valence-corrected chi connectivity index (χ1v) is 8.73.